The Morgan fingerprint density at radius 1 is 1.42 bits per heavy atom. The second-order valence-corrected chi connectivity index (χ2v) is 4.96. The summed E-state index contributed by atoms with van der Waals surface area (Å²) in [7, 11) is 3.32. The normalized spacial score (nSPS) is 21.2. The van der Waals surface area contributed by atoms with E-state index >= 15 is 0 Å². The van der Waals surface area contributed by atoms with Gasteiger partial charge in [0.25, 0.3) is 5.91 Å². The molecule has 0 radical (unpaired) electrons. The van der Waals surface area contributed by atoms with E-state index in [9.17, 15) is 9.59 Å². The van der Waals surface area contributed by atoms with Gasteiger partial charge in [0.15, 0.2) is 0 Å². The largest absolute Gasteiger partial charge is 0.465 e. The molecule has 3 rings (SSSR count). The second-order valence-electron chi connectivity index (χ2n) is 4.96. The zero-order valence-corrected chi connectivity index (χ0v) is 11.0. The molecule has 19 heavy (non-hydrogen) atoms. The molecule has 0 aliphatic carbocycles. The molecular formula is C14H16N2O3. The Labute approximate surface area is 111 Å². The first kappa shape index (κ1) is 12.0. The van der Waals surface area contributed by atoms with Crippen LogP contribution in [-0.2, 0) is 4.74 Å². The standard InChI is InChI=1S/C14H16N2O3/c1-15-11-8-9(14(18)19-2)5-6-10(11)13(17)16-7-3-4-12(15)16/h5-6,8,12H,3-4,7H2,1-2H3. The molecule has 1 unspecified atom stereocenters. The Hall–Kier alpha value is -2.04. The van der Waals surface area contributed by atoms with Crippen LogP contribution in [0.15, 0.2) is 18.2 Å². The predicted octanol–water partition coefficient (Wildman–Crippen LogP) is 1.49. The summed E-state index contributed by atoms with van der Waals surface area (Å²) in [6.45, 7) is 0.812. The van der Waals surface area contributed by atoms with Crippen LogP contribution in [0.5, 0.6) is 0 Å². The zero-order valence-electron chi connectivity index (χ0n) is 11.0. The lowest BCUT2D eigenvalue weighted by Gasteiger charge is -2.40. The van der Waals surface area contributed by atoms with Crippen LogP contribution < -0.4 is 4.90 Å². The predicted molar refractivity (Wildman–Crippen MR) is 70.2 cm³/mol. The van der Waals surface area contributed by atoms with Crippen molar-refractivity contribution in [3.8, 4) is 0 Å². The summed E-state index contributed by atoms with van der Waals surface area (Å²) in [4.78, 5) is 27.9. The summed E-state index contributed by atoms with van der Waals surface area (Å²) in [6, 6.07) is 5.11. The smallest absolute Gasteiger partial charge is 0.337 e. The third-order valence-corrected chi connectivity index (χ3v) is 3.96. The summed E-state index contributed by atoms with van der Waals surface area (Å²) >= 11 is 0. The molecule has 5 heteroatoms. The van der Waals surface area contributed by atoms with E-state index in [0.717, 1.165) is 25.1 Å². The number of carbonyl (C=O) groups excluding carboxylic acids is 2. The van der Waals surface area contributed by atoms with Crippen molar-refractivity contribution in [3.05, 3.63) is 29.3 Å². The summed E-state index contributed by atoms with van der Waals surface area (Å²) in [6.07, 6.45) is 2.12. The zero-order chi connectivity index (χ0) is 13.6. The lowest BCUT2D eigenvalue weighted by molar-refractivity contribution is 0.0599. The quantitative estimate of drug-likeness (QED) is 0.718. The highest BCUT2D eigenvalue weighted by molar-refractivity contribution is 6.04. The molecule has 1 fully saturated rings. The fourth-order valence-electron chi connectivity index (χ4n) is 2.95. The number of methoxy groups -OCH3 is 1. The first-order valence-corrected chi connectivity index (χ1v) is 6.39. The van der Waals surface area contributed by atoms with Crippen LogP contribution in [0, 0.1) is 0 Å². The monoisotopic (exact) mass is 260 g/mol. The van der Waals surface area contributed by atoms with E-state index in [0.29, 0.717) is 11.1 Å². The second kappa shape index (κ2) is 4.26. The SMILES string of the molecule is COC(=O)c1ccc2c(c1)N(C)C1CCCN1C2=O. The molecule has 5 nitrogen and oxygen atoms in total. The maximum Gasteiger partial charge on any atom is 0.337 e. The average molecular weight is 260 g/mol. The number of fused-ring (bicyclic) bond motifs is 2. The van der Waals surface area contributed by atoms with Crippen LogP contribution in [0.25, 0.3) is 0 Å². The van der Waals surface area contributed by atoms with E-state index in [1.807, 2.05) is 11.9 Å². The molecule has 1 atom stereocenters. The van der Waals surface area contributed by atoms with Crippen molar-refractivity contribution in [3.63, 3.8) is 0 Å². The number of anilines is 1. The van der Waals surface area contributed by atoms with Gasteiger partial charge in [-0.2, -0.15) is 0 Å². The van der Waals surface area contributed by atoms with Gasteiger partial charge in [0.2, 0.25) is 0 Å². The Kier molecular flexibility index (Phi) is 2.69. The van der Waals surface area contributed by atoms with E-state index < -0.39 is 0 Å². The molecule has 0 saturated carbocycles. The third-order valence-electron chi connectivity index (χ3n) is 3.96. The minimum atomic E-state index is -0.377. The minimum absolute atomic E-state index is 0.0621. The van der Waals surface area contributed by atoms with Gasteiger partial charge in [-0.15, -0.1) is 0 Å². The van der Waals surface area contributed by atoms with Crippen LogP contribution in [0.2, 0.25) is 0 Å². The Morgan fingerprint density at radius 2 is 2.21 bits per heavy atom. The van der Waals surface area contributed by atoms with E-state index in [-0.39, 0.29) is 18.0 Å². The van der Waals surface area contributed by atoms with Crippen molar-refractivity contribution in [2.45, 2.75) is 19.0 Å². The van der Waals surface area contributed by atoms with Crippen LogP contribution in [-0.4, -0.2) is 43.6 Å². The minimum Gasteiger partial charge on any atom is -0.465 e. The molecule has 1 aromatic rings. The number of esters is 1. The molecular weight excluding hydrogens is 244 g/mol. The summed E-state index contributed by atoms with van der Waals surface area (Å²) in [5, 5.41) is 0. The van der Waals surface area contributed by atoms with Gasteiger partial charge in [0.1, 0.15) is 6.17 Å². The van der Waals surface area contributed by atoms with Gasteiger partial charge in [-0.1, -0.05) is 0 Å². The highest BCUT2D eigenvalue weighted by Gasteiger charge is 2.38. The molecule has 100 valence electrons. The van der Waals surface area contributed by atoms with Crippen LogP contribution >= 0.6 is 0 Å². The van der Waals surface area contributed by atoms with Gasteiger partial charge in [0.05, 0.1) is 23.9 Å². The number of nitrogens with zero attached hydrogens (tertiary/aromatic N) is 2. The summed E-state index contributed by atoms with van der Waals surface area (Å²) < 4.78 is 4.72. The van der Waals surface area contributed by atoms with E-state index in [4.69, 9.17) is 4.74 Å². The van der Waals surface area contributed by atoms with Crippen molar-refractivity contribution in [1.29, 1.82) is 0 Å². The van der Waals surface area contributed by atoms with Crippen LogP contribution in [0.1, 0.15) is 33.6 Å². The van der Waals surface area contributed by atoms with E-state index in [1.165, 1.54) is 7.11 Å². The molecule has 1 saturated heterocycles. The number of hydrogen-bond acceptors (Lipinski definition) is 4. The summed E-state index contributed by atoms with van der Waals surface area (Å²) in [5.74, 6) is -0.315. The number of benzene rings is 1. The van der Waals surface area contributed by atoms with Gasteiger partial charge in [-0.3, -0.25) is 4.79 Å². The van der Waals surface area contributed by atoms with Crippen molar-refractivity contribution in [1.82, 2.24) is 4.90 Å². The van der Waals surface area contributed by atoms with Gasteiger partial charge in [-0.05, 0) is 31.0 Å². The molecule has 0 bridgehead atoms. The summed E-state index contributed by atoms with van der Waals surface area (Å²) in [5.41, 5.74) is 1.96. The highest BCUT2D eigenvalue weighted by Crippen LogP contribution is 2.35. The van der Waals surface area contributed by atoms with Crippen molar-refractivity contribution in [2.24, 2.45) is 0 Å². The van der Waals surface area contributed by atoms with Crippen LogP contribution in [0.3, 0.4) is 0 Å². The van der Waals surface area contributed by atoms with E-state index in [1.54, 1.807) is 18.2 Å². The maximum atomic E-state index is 12.4. The molecule has 2 aliphatic heterocycles. The Balaban J connectivity index is 2.07. The Morgan fingerprint density at radius 3 is 2.95 bits per heavy atom. The molecule has 0 N–H and O–H groups in total. The fourth-order valence-corrected chi connectivity index (χ4v) is 2.95. The molecule has 0 aromatic heterocycles. The van der Waals surface area contributed by atoms with Gasteiger partial charge < -0.3 is 14.5 Å². The third kappa shape index (κ3) is 1.69. The molecule has 2 aliphatic rings. The number of hydrogen-bond donors (Lipinski definition) is 0. The van der Waals surface area contributed by atoms with Gasteiger partial charge in [-0.25, -0.2) is 4.79 Å². The van der Waals surface area contributed by atoms with Gasteiger partial charge >= 0.3 is 5.97 Å². The maximum absolute atomic E-state index is 12.4. The van der Waals surface area contributed by atoms with Crippen molar-refractivity contribution >= 4 is 17.6 Å². The highest BCUT2D eigenvalue weighted by atomic mass is 16.5. The lowest BCUT2D eigenvalue weighted by Crippen LogP contribution is -2.50. The van der Waals surface area contributed by atoms with Crippen molar-refractivity contribution in [2.75, 3.05) is 25.6 Å². The molecule has 2 heterocycles. The number of ether oxygens (including phenoxy) is 1. The molecule has 1 aromatic carbocycles. The van der Waals surface area contributed by atoms with Crippen molar-refractivity contribution < 1.29 is 14.3 Å². The fraction of sp³-hybridized carbons (Fsp3) is 0.429. The average Bonchev–Trinajstić information content (AvgIpc) is 2.93. The first-order valence-electron chi connectivity index (χ1n) is 6.39. The van der Waals surface area contributed by atoms with Crippen LogP contribution in [0.4, 0.5) is 5.69 Å². The topological polar surface area (TPSA) is 49.9 Å². The van der Waals surface area contributed by atoms with E-state index in [2.05, 4.69) is 4.90 Å². The molecule has 1 amide bonds. The molecule has 0 spiro atoms. The number of carbonyl (C=O) groups is 2. The number of rotatable bonds is 1. The number of amides is 1. The Bertz CT molecular complexity index is 556. The van der Waals surface area contributed by atoms with Gasteiger partial charge in [0, 0.05) is 13.6 Å². The first-order chi connectivity index (χ1) is 9.13. The lowest BCUT2D eigenvalue weighted by atomic mass is 10.0.